The van der Waals surface area contributed by atoms with Crippen LogP contribution >= 0.6 is 0 Å². The fourth-order valence-corrected chi connectivity index (χ4v) is 0.994. The van der Waals surface area contributed by atoms with Gasteiger partial charge in [0.05, 0.1) is 5.41 Å². The van der Waals surface area contributed by atoms with Gasteiger partial charge in [0, 0.05) is 12.3 Å². The minimum Gasteiger partial charge on any atom is -0.481 e. The van der Waals surface area contributed by atoms with E-state index in [9.17, 15) is 4.79 Å². The number of rotatable bonds is 4. The first kappa shape index (κ1) is 12.5. The van der Waals surface area contributed by atoms with E-state index in [-0.39, 0.29) is 6.61 Å². The molecule has 0 atom stereocenters. The molecular formula is C12H17NO3. The van der Waals surface area contributed by atoms with Crippen LogP contribution in [0.15, 0.2) is 12.3 Å². The quantitative estimate of drug-likeness (QED) is 0.850. The van der Waals surface area contributed by atoms with Crippen LogP contribution in [0, 0.1) is 19.3 Å². The number of nitrogens with zero attached hydrogens (tertiary/aromatic N) is 1. The van der Waals surface area contributed by atoms with Crippen LogP contribution in [0.4, 0.5) is 0 Å². The smallest absolute Gasteiger partial charge is 0.312 e. The summed E-state index contributed by atoms with van der Waals surface area (Å²) in [7, 11) is 0. The zero-order valence-electron chi connectivity index (χ0n) is 10.1. The summed E-state index contributed by atoms with van der Waals surface area (Å²) >= 11 is 0. The molecule has 0 saturated carbocycles. The van der Waals surface area contributed by atoms with Gasteiger partial charge in [-0.05, 0) is 38.8 Å². The van der Waals surface area contributed by atoms with Gasteiger partial charge < -0.3 is 9.84 Å². The first-order valence-electron chi connectivity index (χ1n) is 5.12. The normalized spacial score (nSPS) is 11.2. The van der Waals surface area contributed by atoms with E-state index >= 15 is 0 Å². The van der Waals surface area contributed by atoms with E-state index in [1.54, 1.807) is 20.0 Å². The number of carbonyl (C=O) groups is 1. The van der Waals surface area contributed by atoms with Crippen LogP contribution in [-0.2, 0) is 4.79 Å². The maximum Gasteiger partial charge on any atom is 0.312 e. The van der Waals surface area contributed by atoms with Crippen molar-refractivity contribution >= 4 is 5.97 Å². The lowest BCUT2D eigenvalue weighted by molar-refractivity contribution is -0.148. The summed E-state index contributed by atoms with van der Waals surface area (Å²) in [5.74, 6) is -0.409. The molecule has 1 rings (SSSR count). The van der Waals surface area contributed by atoms with Crippen LogP contribution in [0.2, 0.25) is 0 Å². The van der Waals surface area contributed by atoms with E-state index in [4.69, 9.17) is 9.84 Å². The second-order valence-electron chi connectivity index (χ2n) is 4.58. The van der Waals surface area contributed by atoms with Gasteiger partial charge in [0.25, 0.3) is 0 Å². The van der Waals surface area contributed by atoms with Crippen molar-refractivity contribution in [2.45, 2.75) is 27.7 Å². The largest absolute Gasteiger partial charge is 0.481 e. The van der Waals surface area contributed by atoms with Crippen molar-refractivity contribution in [1.29, 1.82) is 0 Å². The summed E-state index contributed by atoms with van der Waals surface area (Å²) in [4.78, 5) is 14.9. The molecule has 0 unspecified atom stereocenters. The molecule has 4 heteroatoms. The maximum absolute atomic E-state index is 10.9. The lowest BCUT2D eigenvalue weighted by atomic mass is 9.95. The molecule has 1 aromatic heterocycles. The molecule has 16 heavy (non-hydrogen) atoms. The summed E-state index contributed by atoms with van der Waals surface area (Å²) in [6.07, 6.45) is 1.72. The van der Waals surface area contributed by atoms with Gasteiger partial charge in [-0.1, -0.05) is 0 Å². The van der Waals surface area contributed by atoms with E-state index in [2.05, 4.69) is 4.98 Å². The standard InChI is InChI=1S/C12H17NO3/c1-8-5-10(13-6-9(8)2)16-7-12(3,4)11(14)15/h5-6H,7H2,1-4H3,(H,14,15). The lowest BCUT2D eigenvalue weighted by Crippen LogP contribution is -2.30. The first-order valence-corrected chi connectivity index (χ1v) is 5.12. The van der Waals surface area contributed by atoms with Crippen molar-refractivity contribution in [3.63, 3.8) is 0 Å². The van der Waals surface area contributed by atoms with Crippen LogP contribution in [0.5, 0.6) is 5.88 Å². The molecule has 1 N–H and O–H groups in total. The molecule has 0 fully saturated rings. The van der Waals surface area contributed by atoms with Crippen molar-refractivity contribution in [3.05, 3.63) is 23.4 Å². The Hall–Kier alpha value is -1.58. The fourth-order valence-electron chi connectivity index (χ4n) is 0.994. The molecule has 1 heterocycles. The highest BCUT2D eigenvalue weighted by Gasteiger charge is 2.28. The number of aryl methyl sites for hydroxylation is 2. The molecule has 0 aliphatic heterocycles. The number of aliphatic carboxylic acids is 1. The zero-order chi connectivity index (χ0) is 12.3. The van der Waals surface area contributed by atoms with Crippen molar-refractivity contribution in [1.82, 2.24) is 4.98 Å². The Morgan fingerprint density at radius 2 is 2.06 bits per heavy atom. The van der Waals surface area contributed by atoms with Crippen LogP contribution in [0.25, 0.3) is 0 Å². The highest BCUT2D eigenvalue weighted by molar-refractivity contribution is 5.73. The molecule has 0 aliphatic carbocycles. The number of ether oxygens (including phenoxy) is 1. The molecule has 0 aromatic carbocycles. The Balaban J connectivity index is 2.68. The molecule has 4 nitrogen and oxygen atoms in total. The highest BCUT2D eigenvalue weighted by atomic mass is 16.5. The second-order valence-corrected chi connectivity index (χ2v) is 4.58. The summed E-state index contributed by atoms with van der Waals surface area (Å²) in [5.41, 5.74) is 1.27. The Labute approximate surface area is 95.3 Å². The van der Waals surface area contributed by atoms with Gasteiger partial charge in [-0.3, -0.25) is 4.79 Å². The average Bonchev–Trinajstić information content (AvgIpc) is 2.20. The topological polar surface area (TPSA) is 59.4 Å². The van der Waals surface area contributed by atoms with Gasteiger partial charge >= 0.3 is 5.97 Å². The number of carboxylic acids is 1. The molecule has 0 saturated heterocycles. The third-order valence-electron chi connectivity index (χ3n) is 2.51. The highest BCUT2D eigenvalue weighted by Crippen LogP contribution is 2.19. The lowest BCUT2D eigenvalue weighted by Gasteiger charge is -2.19. The van der Waals surface area contributed by atoms with Gasteiger partial charge in [0.1, 0.15) is 6.61 Å². The summed E-state index contributed by atoms with van der Waals surface area (Å²) < 4.78 is 5.38. The second kappa shape index (κ2) is 4.51. The molecule has 88 valence electrons. The van der Waals surface area contributed by atoms with E-state index in [0.29, 0.717) is 5.88 Å². The van der Waals surface area contributed by atoms with Crippen molar-refractivity contribution in [3.8, 4) is 5.88 Å². The minimum absolute atomic E-state index is 0.109. The Morgan fingerprint density at radius 1 is 1.44 bits per heavy atom. The SMILES string of the molecule is Cc1cnc(OCC(C)(C)C(=O)O)cc1C. The Bertz CT molecular complexity index is 399. The number of pyridine rings is 1. The number of carboxylic acid groups (broad SMARTS) is 1. The molecular weight excluding hydrogens is 206 g/mol. The van der Waals surface area contributed by atoms with Gasteiger partial charge in [-0.25, -0.2) is 4.98 Å². The van der Waals surface area contributed by atoms with Crippen molar-refractivity contribution in [2.24, 2.45) is 5.41 Å². The third-order valence-corrected chi connectivity index (χ3v) is 2.51. The average molecular weight is 223 g/mol. The van der Waals surface area contributed by atoms with Crippen molar-refractivity contribution < 1.29 is 14.6 Å². The minimum atomic E-state index is -0.902. The van der Waals surface area contributed by atoms with Crippen LogP contribution < -0.4 is 4.74 Å². The number of aromatic nitrogens is 1. The summed E-state index contributed by atoms with van der Waals surface area (Å²) in [5, 5.41) is 8.92. The van der Waals surface area contributed by atoms with Gasteiger partial charge in [-0.2, -0.15) is 0 Å². The zero-order valence-corrected chi connectivity index (χ0v) is 10.1. The van der Waals surface area contributed by atoms with Gasteiger partial charge in [-0.15, -0.1) is 0 Å². The summed E-state index contributed by atoms with van der Waals surface area (Å²) in [6, 6.07) is 1.81. The molecule has 0 aliphatic rings. The molecule has 0 amide bonds. The van der Waals surface area contributed by atoms with Crippen molar-refractivity contribution in [2.75, 3.05) is 6.61 Å². The predicted molar refractivity (Wildman–Crippen MR) is 60.6 cm³/mol. The van der Waals surface area contributed by atoms with E-state index in [0.717, 1.165) is 11.1 Å². The fraction of sp³-hybridized carbons (Fsp3) is 0.500. The van der Waals surface area contributed by atoms with Crippen LogP contribution in [0.1, 0.15) is 25.0 Å². The third kappa shape index (κ3) is 2.95. The maximum atomic E-state index is 10.9. The van der Waals surface area contributed by atoms with Gasteiger partial charge in [0.15, 0.2) is 0 Å². The number of hydrogen-bond acceptors (Lipinski definition) is 3. The van der Waals surface area contributed by atoms with E-state index in [1.165, 1.54) is 0 Å². The van der Waals surface area contributed by atoms with E-state index in [1.807, 2.05) is 19.9 Å². The van der Waals surface area contributed by atoms with E-state index < -0.39 is 11.4 Å². The Morgan fingerprint density at radius 3 is 2.56 bits per heavy atom. The molecule has 0 radical (unpaired) electrons. The number of hydrogen-bond donors (Lipinski definition) is 1. The molecule has 0 spiro atoms. The molecule has 1 aromatic rings. The molecule has 0 bridgehead atoms. The first-order chi connectivity index (χ1) is 7.33. The van der Waals surface area contributed by atoms with Gasteiger partial charge in [0.2, 0.25) is 5.88 Å². The Kier molecular flexibility index (Phi) is 3.52. The predicted octanol–water partition coefficient (Wildman–Crippen LogP) is 2.19. The van der Waals surface area contributed by atoms with Crippen LogP contribution in [-0.4, -0.2) is 22.7 Å². The monoisotopic (exact) mass is 223 g/mol. The van der Waals surface area contributed by atoms with Crippen LogP contribution in [0.3, 0.4) is 0 Å². The summed E-state index contributed by atoms with van der Waals surface area (Å²) in [6.45, 7) is 7.28.